The summed E-state index contributed by atoms with van der Waals surface area (Å²) in [6.07, 6.45) is 0. The van der Waals surface area contributed by atoms with Crippen LogP contribution in [0.15, 0.2) is 52.3 Å². The predicted molar refractivity (Wildman–Crippen MR) is 75.4 cm³/mol. The molecule has 5 nitrogen and oxygen atoms in total. The fraction of sp³-hybridized carbons (Fsp3) is 0.0714. The van der Waals surface area contributed by atoms with E-state index in [-0.39, 0.29) is 11.3 Å². The summed E-state index contributed by atoms with van der Waals surface area (Å²) in [4.78, 5) is 22.6. The minimum atomic E-state index is -1.18. The van der Waals surface area contributed by atoms with Crippen LogP contribution in [0.4, 0.5) is 5.69 Å². The molecule has 0 aliphatic carbocycles. The maximum Gasteiger partial charge on any atom is 0.335 e. The minimum Gasteiger partial charge on any atom is -0.478 e. The molecule has 6 heteroatoms. The van der Waals surface area contributed by atoms with Crippen LogP contribution in [-0.4, -0.2) is 16.0 Å². The van der Waals surface area contributed by atoms with Crippen molar-refractivity contribution >= 4 is 23.4 Å². The summed E-state index contributed by atoms with van der Waals surface area (Å²) in [5, 5.41) is 19.9. The molecule has 0 radical (unpaired) electrons. The Kier molecular flexibility index (Phi) is 4.05. The molecule has 2 aromatic rings. The molecule has 102 valence electrons. The first kappa shape index (κ1) is 14.1. The van der Waals surface area contributed by atoms with Crippen LogP contribution in [0.25, 0.3) is 0 Å². The molecule has 0 bridgehead atoms. The Morgan fingerprint density at radius 2 is 2.00 bits per heavy atom. The van der Waals surface area contributed by atoms with Gasteiger partial charge in [0, 0.05) is 11.0 Å². The number of carboxylic acid groups (broad SMARTS) is 1. The number of hydrogen-bond donors (Lipinski definition) is 1. The van der Waals surface area contributed by atoms with Crippen molar-refractivity contribution in [2.45, 2.75) is 16.7 Å². The van der Waals surface area contributed by atoms with Gasteiger partial charge in [0.1, 0.15) is 0 Å². The molecule has 0 spiro atoms. The molecule has 0 atom stereocenters. The molecule has 0 fully saturated rings. The number of nitro benzene ring substituents is 1. The second-order valence-corrected chi connectivity index (χ2v) is 5.28. The summed E-state index contributed by atoms with van der Waals surface area (Å²) in [5.74, 6) is -1.18. The topological polar surface area (TPSA) is 80.4 Å². The zero-order valence-electron chi connectivity index (χ0n) is 10.6. The Morgan fingerprint density at radius 1 is 1.25 bits per heavy atom. The maximum atomic E-state index is 11.1. The summed E-state index contributed by atoms with van der Waals surface area (Å²) < 4.78 is 0. The van der Waals surface area contributed by atoms with Crippen LogP contribution in [0.2, 0.25) is 0 Å². The molecule has 1 N–H and O–H groups in total. The highest BCUT2D eigenvalue weighted by atomic mass is 32.2. The van der Waals surface area contributed by atoms with Crippen molar-refractivity contribution in [3.8, 4) is 0 Å². The zero-order valence-corrected chi connectivity index (χ0v) is 11.4. The fourth-order valence-corrected chi connectivity index (χ4v) is 2.70. The van der Waals surface area contributed by atoms with Gasteiger partial charge >= 0.3 is 5.97 Å². The molecule has 0 amide bonds. The van der Waals surface area contributed by atoms with E-state index in [1.165, 1.54) is 23.9 Å². The first-order chi connectivity index (χ1) is 9.47. The molecule has 20 heavy (non-hydrogen) atoms. The number of hydrogen-bond acceptors (Lipinski definition) is 4. The van der Waals surface area contributed by atoms with Gasteiger partial charge in [-0.25, -0.2) is 4.79 Å². The van der Waals surface area contributed by atoms with Gasteiger partial charge < -0.3 is 5.11 Å². The molecular formula is C14H11NO4S. The molecule has 0 aliphatic rings. The van der Waals surface area contributed by atoms with Crippen LogP contribution in [-0.2, 0) is 0 Å². The largest absolute Gasteiger partial charge is 0.478 e. The number of rotatable bonds is 4. The van der Waals surface area contributed by atoms with Crippen molar-refractivity contribution in [2.75, 3.05) is 0 Å². The Bertz CT molecular complexity index is 685. The molecule has 0 aliphatic heterocycles. The van der Waals surface area contributed by atoms with Gasteiger partial charge in [-0.3, -0.25) is 10.1 Å². The van der Waals surface area contributed by atoms with Gasteiger partial charge in [0.15, 0.2) is 0 Å². The molecule has 0 saturated carbocycles. The summed E-state index contributed by atoms with van der Waals surface area (Å²) >= 11 is 1.24. The average molecular weight is 289 g/mol. The van der Waals surface area contributed by atoms with Crippen LogP contribution < -0.4 is 0 Å². The van der Waals surface area contributed by atoms with Crippen molar-refractivity contribution in [1.29, 1.82) is 0 Å². The van der Waals surface area contributed by atoms with Crippen LogP contribution in [0.3, 0.4) is 0 Å². The van der Waals surface area contributed by atoms with Gasteiger partial charge in [0.25, 0.3) is 5.69 Å². The molecular weight excluding hydrogens is 278 g/mol. The third kappa shape index (κ3) is 3.16. The first-order valence-electron chi connectivity index (χ1n) is 5.73. The highest BCUT2D eigenvalue weighted by Crippen LogP contribution is 2.35. The number of nitrogens with zero attached hydrogens (tertiary/aromatic N) is 1. The number of nitro groups is 1. The second-order valence-electron chi connectivity index (χ2n) is 4.16. The SMILES string of the molecule is Cc1cccc(Sc2ccc(C(=O)O)cc2[N+](=O)[O-])c1. The Hall–Kier alpha value is -2.34. The van der Waals surface area contributed by atoms with E-state index in [9.17, 15) is 14.9 Å². The van der Waals surface area contributed by atoms with Crippen molar-refractivity contribution in [3.05, 3.63) is 63.7 Å². The third-order valence-corrected chi connectivity index (χ3v) is 3.67. The monoisotopic (exact) mass is 289 g/mol. The van der Waals surface area contributed by atoms with Gasteiger partial charge in [0.2, 0.25) is 0 Å². The van der Waals surface area contributed by atoms with Crippen LogP contribution in [0.5, 0.6) is 0 Å². The van der Waals surface area contributed by atoms with E-state index in [0.717, 1.165) is 16.5 Å². The Balaban J connectivity index is 2.41. The number of aryl methyl sites for hydroxylation is 1. The van der Waals surface area contributed by atoms with Crippen LogP contribution in [0, 0.1) is 17.0 Å². The molecule has 2 rings (SSSR count). The summed E-state index contributed by atoms with van der Waals surface area (Å²) in [5.41, 5.74) is 0.765. The van der Waals surface area contributed by atoms with Crippen molar-refractivity contribution in [2.24, 2.45) is 0 Å². The Morgan fingerprint density at radius 3 is 2.60 bits per heavy atom. The molecule has 0 unspecified atom stereocenters. The standard InChI is InChI=1S/C14H11NO4S/c1-9-3-2-4-11(7-9)20-13-6-5-10(14(16)17)8-12(13)15(18)19/h2-8H,1H3,(H,16,17). The van der Waals surface area contributed by atoms with E-state index in [1.807, 2.05) is 31.2 Å². The number of carbonyl (C=O) groups is 1. The summed E-state index contributed by atoms with van der Waals surface area (Å²) in [6, 6.07) is 11.5. The quantitative estimate of drug-likeness (QED) is 0.684. The fourth-order valence-electron chi connectivity index (χ4n) is 1.69. The van der Waals surface area contributed by atoms with Crippen LogP contribution in [0.1, 0.15) is 15.9 Å². The van der Waals surface area contributed by atoms with E-state index in [1.54, 1.807) is 0 Å². The van der Waals surface area contributed by atoms with Crippen LogP contribution >= 0.6 is 11.8 Å². The lowest BCUT2D eigenvalue weighted by atomic mass is 10.2. The number of aromatic carboxylic acids is 1. The molecule has 2 aromatic carbocycles. The van der Waals surface area contributed by atoms with E-state index in [2.05, 4.69) is 0 Å². The third-order valence-electron chi connectivity index (χ3n) is 2.62. The van der Waals surface area contributed by atoms with E-state index >= 15 is 0 Å². The number of carboxylic acids is 1. The minimum absolute atomic E-state index is 0.0923. The molecule has 0 aromatic heterocycles. The van der Waals surface area contributed by atoms with Gasteiger partial charge in [-0.1, -0.05) is 29.5 Å². The highest BCUT2D eigenvalue weighted by Gasteiger charge is 2.18. The lowest BCUT2D eigenvalue weighted by Gasteiger charge is -2.05. The van der Waals surface area contributed by atoms with Gasteiger partial charge in [0.05, 0.1) is 15.4 Å². The van der Waals surface area contributed by atoms with Gasteiger partial charge in [-0.2, -0.15) is 0 Å². The molecule has 0 saturated heterocycles. The molecule has 0 heterocycles. The lowest BCUT2D eigenvalue weighted by Crippen LogP contribution is -1.99. The normalized spacial score (nSPS) is 10.2. The zero-order chi connectivity index (χ0) is 14.7. The average Bonchev–Trinajstić information content (AvgIpc) is 2.38. The predicted octanol–water partition coefficient (Wildman–Crippen LogP) is 3.75. The van der Waals surface area contributed by atoms with E-state index < -0.39 is 10.9 Å². The lowest BCUT2D eigenvalue weighted by molar-refractivity contribution is -0.387. The Labute approximate surface area is 119 Å². The van der Waals surface area contributed by atoms with Crippen molar-refractivity contribution in [3.63, 3.8) is 0 Å². The van der Waals surface area contributed by atoms with Crippen molar-refractivity contribution < 1.29 is 14.8 Å². The first-order valence-corrected chi connectivity index (χ1v) is 6.55. The number of benzene rings is 2. The van der Waals surface area contributed by atoms with E-state index in [0.29, 0.717) is 4.90 Å². The second kappa shape index (κ2) is 5.75. The highest BCUT2D eigenvalue weighted by molar-refractivity contribution is 7.99. The van der Waals surface area contributed by atoms with Gasteiger partial charge in [-0.05, 0) is 31.2 Å². The van der Waals surface area contributed by atoms with Crippen molar-refractivity contribution in [1.82, 2.24) is 0 Å². The maximum absolute atomic E-state index is 11.1. The summed E-state index contributed by atoms with van der Waals surface area (Å²) in [7, 11) is 0. The smallest absolute Gasteiger partial charge is 0.335 e. The summed E-state index contributed by atoms with van der Waals surface area (Å²) in [6.45, 7) is 1.94. The van der Waals surface area contributed by atoms with E-state index in [4.69, 9.17) is 5.11 Å². The van der Waals surface area contributed by atoms with Gasteiger partial charge in [-0.15, -0.1) is 0 Å².